The van der Waals surface area contributed by atoms with Crippen molar-refractivity contribution in [2.24, 2.45) is 5.92 Å². The first-order valence-corrected chi connectivity index (χ1v) is 6.59. The Hall–Kier alpha value is -1.13. The lowest BCUT2D eigenvalue weighted by molar-refractivity contribution is -0.151. The lowest BCUT2D eigenvalue weighted by Crippen LogP contribution is -2.17. The molecule has 0 spiro atoms. The Morgan fingerprint density at radius 1 is 1.00 bits per heavy atom. The van der Waals surface area contributed by atoms with E-state index in [2.05, 4.69) is 4.74 Å². The lowest BCUT2D eigenvalue weighted by atomic mass is 9.90. The van der Waals surface area contributed by atoms with Crippen LogP contribution in [0.1, 0.15) is 44.9 Å². The fourth-order valence-corrected chi connectivity index (χ4v) is 2.07. The average Bonchev–Trinajstić information content (AvgIpc) is 2.41. The summed E-state index contributed by atoms with van der Waals surface area (Å²) in [5.74, 6) is -0.457. The number of hydrogen-bond acceptors (Lipinski definition) is 4. The summed E-state index contributed by atoms with van der Waals surface area (Å²) in [6.45, 7) is -0.480. The molecule has 1 aliphatic rings. The number of carbonyl (C=O) groups is 2. The van der Waals surface area contributed by atoms with Crippen molar-refractivity contribution in [2.45, 2.75) is 44.9 Å². The van der Waals surface area contributed by atoms with Gasteiger partial charge in [-0.15, -0.1) is 0 Å². The summed E-state index contributed by atoms with van der Waals surface area (Å²) in [4.78, 5) is 22.4. The quantitative estimate of drug-likeness (QED) is 0.660. The van der Waals surface area contributed by atoms with Crippen LogP contribution in [0.3, 0.4) is 0 Å². The number of halogens is 1. The van der Waals surface area contributed by atoms with Crippen LogP contribution in [0.2, 0.25) is 0 Å². The minimum Gasteiger partial charge on any atom is -0.465 e. The summed E-state index contributed by atoms with van der Waals surface area (Å²) in [6, 6.07) is 0. The van der Waals surface area contributed by atoms with Gasteiger partial charge in [-0.2, -0.15) is 0 Å². The Kier molecular flexibility index (Phi) is 7.37. The molecule has 0 atom stereocenters. The average molecular weight is 260 g/mol. The van der Waals surface area contributed by atoms with Gasteiger partial charge in [-0.3, -0.25) is 9.59 Å². The molecule has 0 aliphatic heterocycles. The zero-order valence-corrected chi connectivity index (χ0v) is 10.7. The molecule has 1 aliphatic carbocycles. The molecule has 5 heteroatoms. The summed E-state index contributed by atoms with van der Waals surface area (Å²) in [6.07, 6.45) is 5.89. The van der Waals surface area contributed by atoms with Crippen molar-refractivity contribution in [1.82, 2.24) is 0 Å². The number of hydrogen-bond donors (Lipinski definition) is 0. The van der Waals surface area contributed by atoms with E-state index in [9.17, 15) is 14.0 Å². The van der Waals surface area contributed by atoms with Crippen LogP contribution in [0, 0.1) is 5.92 Å². The van der Waals surface area contributed by atoms with Crippen LogP contribution in [0.5, 0.6) is 0 Å². The number of esters is 2. The molecule has 104 valence electrons. The maximum Gasteiger partial charge on any atom is 0.306 e. The van der Waals surface area contributed by atoms with E-state index in [1.54, 1.807) is 0 Å². The second-order valence-electron chi connectivity index (χ2n) is 4.60. The molecular formula is C13H21FO4. The van der Waals surface area contributed by atoms with E-state index in [1.807, 2.05) is 0 Å². The molecular weight excluding hydrogens is 239 g/mol. The van der Waals surface area contributed by atoms with Crippen molar-refractivity contribution >= 4 is 11.9 Å². The van der Waals surface area contributed by atoms with Gasteiger partial charge < -0.3 is 9.47 Å². The van der Waals surface area contributed by atoms with Gasteiger partial charge in [0.2, 0.25) is 0 Å². The van der Waals surface area contributed by atoms with Crippen molar-refractivity contribution in [3.8, 4) is 0 Å². The molecule has 1 saturated carbocycles. The third kappa shape index (κ3) is 6.57. The SMILES string of the molecule is O=C(CCC(=O)OCC1CCCCC1)OCCF. The molecule has 0 aromatic heterocycles. The molecule has 0 aromatic carbocycles. The summed E-state index contributed by atoms with van der Waals surface area (Å²) in [5.41, 5.74) is 0. The van der Waals surface area contributed by atoms with Gasteiger partial charge in [0.05, 0.1) is 19.4 Å². The molecule has 4 nitrogen and oxygen atoms in total. The fraction of sp³-hybridized carbons (Fsp3) is 0.846. The second kappa shape index (κ2) is 8.89. The third-order valence-electron chi connectivity index (χ3n) is 3.08. The highest BCUT2D eigenvalue weighted by Gasteiger charge is 2.16. The lowest BCUT2D eigenvalue weighted by Gasteiger charge is -2.20. The molecule has 1 fully saturated rings. The van der Waals surface area contributed by atoms with Crippen LogP contribution in [-0.2, 0) is 19.1 Å². The molecule has 0 unspecified atom stereocenters. The van der Waals surface area contributed by atoms with E-state index >= 15 is 0 Å². The summed E-state index contributed by atoms with van der Waals surface area (Å²) in [7, 11) is 0. The summed E-state index contributed by atoms with van der Waals surface area (Å²) < 4.78 is 21.3. The minimum absolute atomic E-state index is 0.0117. The number of carbonyl (C=O) groups excluding carboxylic acids is 2. The third-order valence-corrected chi connectivity index (χ3v) is 3.08. The topological polar surface area (TPSA) is 52.6 Å². The smallest absolute Gasteiger partial charge is 0.306 e. The number of alkyl halides is 1. The largest absolute Gasteiger partial charge is 0.465 e. The van der Waals surface area contributed by atoms with Crippen molar-refractivity contribution in [1.29, 1.82) is 0 Å². The van der Waals surface area contributed by atoms with Crippen molar-refractivity contribution < 1.29 is 23.5 Å². The van der Waals surface area contributed by atoms with Crippen molar-refractivity contribution in [3.63, 3.8) is 0 Å². The van der Waals surface area contributed by atoms with E-state index in [4.69, 9.17) is 4.74 Å². The van der Waals surface area contributed by atoms with Crippen molar-refractivity contribution in [3.05, 3.63) is 0 Å². The number of ether oxygens (including phenoxy) is 2. The van der Waals surface area contributed by atoms with Crippen LogP contribution in [0.15, 0.2) is 0 Å². The van der Waals surface area contributed by atoms with Gasteiger partial charge in [-0.25, -0.2) is 4.39 Å². The molecule has 0 heterocycles. The van der Waals surface area contributed by atoms with Crippen LogP contribution in [0.4, 0.5) is 4.39 Å². The Morgan fingerprint density at radius 3 is 2.22 bits per heavy atom. The molecule has 0 radical (unpaired) electrons. The predicted molar refractivity (Wildman–Crippen MR) is 63.7 cm³/mol. The second-order valence-corrected chi connectivity index (χ2v) is 4.60. The highest BCUT2D eigenvalue weighted by molar-refractivity contribution is 5.77. The monoisotopic (exact) mass is 260 g/mol. The molecule has 18 heavy (non-hydrogen) atoms. The highest BCUT2D eigenvalue weighted by atomic mass is 19.1. The first kappa shape index (κ1) is 14.9. The van der Waals surface area contributed by atoms with Gasteiger partial charge in [0.15, 0.2) is 0 Å². The molecule has 0 bridgehead atoms. The van der Waals surface area contributed by atoms with Gasteiger partial charge in [-0.05, 0) is 18.8 Å². The summed E-state index contributed by atoms with van der Waals surface area (Å²) in [5, 5.41) is 0. The first-order valence-electron chi connectivity index (χ1n) is 6.59. The Morgan fingerprint density at radius 2 is 1.61 bits per heavy atom. The fourth-order valence-electron chi connectivity index (χ4n) is 2.07. The van der Waals surface area contributed by atoms with Gasteiger partial charge in [0.25, 0.3) is 0 Å². The Labute approximate surface area is 107 Å². The van der Waals surface area contributed by atoms with Gasteiger partial charge in [-0.1, -0.05) is 19.3 Å². The van der Waals surface area contributed by atoms with Gasteiger partial charge in [0.1, 0.15) is 13.3 Å². The van der Waals surface area contributed by atoms with Crippen LogP contribution >= 0.6 is 0 Å². The molecule has 0 amide bonds. The van der Waals surface area contributed by atoms with Crippen LogP contribution < -0.4 is 0 Å². The maximum atomic E-state index is 11.7. The molecule has 0 aromatic rings. The van der Waals surface area contributed by atoms with E-state index in [-0.39, 0.29) is 25.4 Å². The van der Waals surface area contributed by atoms with Crippen molar-refractivity contribution in [2.75, 3.05) is 19.9 Å². The molecule has 0 N–H and O–H groups in total. The van der Waals surface area contributed by atoms with E-state index in [0.29, 0.717) is 12.5 Å². The van der Waals surface area contributed by atoms with Gasteiger partial charge in [0, 0.05) is 0 Å². The standard InChI is InChI=1S/C13H21FO4/c14-8-9-17-12(15)6-7-13(16)18-10-11-4-2-1-3-5-11/h11H,1-10H2. The molecule has 0 saturated heterocycles. The maximum absolute atomic E-state index is 11.7. The minimum atomic E-state index is -0.697. The van der Waals surface area contributed by atoms with E-state index < -0.39 is 12.6 Å². The van der Waals surface area contributed by atoms with E-state index in [1.165, 1.54) is 19.3 Å². The first-order chi connectivity index (χ1) is 8.72. The Balaban J connectivity index is 2.04. The summed E-state index contributed by atoms with van der Waals surface area (Å²) >= 11 is 0. The zero-order valence-electron chi connectivity index (χ0n) is 10.7. The van der Waals surface area contributed by atoms with Crippen LogP contribution in [0.25, 0.3) is 0 Å². The van der Waals surface area contributed by atoms with Crippen LogP contribution in [-0.4, -0.2) is 31.8 Å². The molecule has 1 rings (SSSR count). The predicted octanol–water partition coefficient (Wildman–Crippen LogP) is 2.40. The Bertz CT molecular complexity index is 262. The zero-order chi connectivity index (χ0) is 13.2. The number of rotatable bonds is 7. The highest BCUT2D eigenvalue weighted by Crippen LogP contribution is 2.23. The van der Waals surface area contributed by atoms with E-state index in [0.717, 1.165) is 12.8 Å². The van der Waals surface area contributed by atoms with Gasteiger partial charge >= 0.3 is 11.9 Å². The normalized spacial score (nSPS) is 16.3.